The van der Waals surface area contributed by atoms with Crippen LogP contribution in [0.5, 0.6) is 6.01 Å². The Morgan fingerprint density at radius 1 is 1.44 bits per heavy atom. The van der Waals surface area contributed by atoms with Crippen molar-refractivity contribution in [2.24, 2.45) is 0 Å². The van der Waals surface area contributed by atoms with Crippen LogP contribution in [-0.2, 0) is 9.05 Å². The lowest BCUT2D eigenvalue weighted by Crippen LogP contribution is -2.01. The predicted molar refractivity (Wildman–Crippen MR) is 55.1 cm³/mol. The topological polar surface area (TPSA) is 86.5 Å². The lowest BCUT2D eigenvalue weighted by atomic mass is 10.4. The summed E-state index contributed by atoms with van der Waals surface area (Å²) in [6.45, 7) is 1.73. The maximum Gasteiger partial charge on any atom is 0.319 e. The highest BCUT2D eigenvalue weighted by atomic mass is 35.7. The van der Waals surface area contributed by atoms with E-state index in [1.54, 1.807) is 13.0 Å². The number of aromatic nitrogens is 4. The van der Waals surface area contributed by atoms with Gasteiger partial charge in [-0.3, -0.25) is 0 Å². The molecule has 0 amide bonds. The maximum atomic E-state index is 11.1. The van der Waals surface area contributed by atoms with Crippen molar-refractivity contribution in [3.8, 4) is 6.01 Å². The Kier molecular flexibility index (Phi) is 2.47. The summed E-state index contributed by atoms with van der Waals surface area (Å²) in [6.07, 6.45) is 0. The number of rotatable bonds is 2. The zero-order valence-corrected chi connectivity index (χ0v) is 9.95. The minimum atomic E-state index is -3.96. The molecule has 0 bridgehead atoms. The molecule has 0 saturated heterocycles. The van der Waals surface area contributed by atoms with Gasteiger partial charge in [0.05, 0.1) is 7.11 Å². The third-order valence-electron chi connectivity index (χ3n) is 1.80. The molecule has 2 aromatic rings. The van der Waals surface area contributed by atoms with Crippen LogP contribution in [0, 0.1) is 6.92 Å². The van der Waals surface area contributed by atoms with Gasteiger partial charge in [-0.25, -0.2) is 13.4 Å². The standard InChI is InChI=1S/C7H7ClN4O3S/c1-4-3-5-10-6(16(8,13)14)11-12(5)7(9-4)15-2/h3H,1-2H3. The molecule has 0 spiro atoms. The van der Waals surface area contributed by atoms with Crippen LogP contribution < -0.4 is 4.74 Å². The highest BCUT2D eigenvalue weighted by Crippen LogP contribution is 2.16. The maximum absolute atomic E-state index is 11.1. The van der Waals surface area contributed by atoms with E-state index in [9.17, 15) is 8.42 Å². The van der Waals surface area contributed by atoms with Gasteiger partial charge in [0.2, 0.25) is 0 Å². The minimum absolute atomic E-state index is 0.147. The molecule has 0 saturated carbocycles. The smallest absolute Gasteiger partial charge is 0.319 e. The molecule has 7 nitrogen and oxygen atoms in total. The molecule has 0 aromatic carbocycles. The van der Waals surface area contributed by atoms with Crippen LogP contribution in [0.3, 0.4) is 0 Å². The third-order valence-corrected chi connectivity index (χ3v) is 2.83. The molecular formula is C7H7ClN4O3S. The van der Waals surface area contributed by atoms with E-state index >= 15 is 0 Å². The van der Waals surface area contributed by atoms with Gasteiger partial charge in [0.25, 0.3) is 14.2 Å². The molecule has 86 valence electrons. The minimum Gasteiger partial charge on any atom is -0.467 e. The van der Waals surface area contributed by atoms with Gasteiger partial charge in [0.1, 0.15) is 0 Å². The molecule has 0 aliphatic rings. The average Bonchev–Trinajstić information content (AvgIpc) is 2.59. The highest BCUT2D eigenvalue weighted by Gasteiger charge is 2.19. The van der Waals surface area contributed by atoms with Crippen LogP contribution in [-0.4, -0.2) is 35.1 Å². The van der Waals surface area contributed by atoms with E-state index in [1.165, 1.54) is 11.6 Å². The summed E-state index contributed by atoms with van der Waals surface area (Å²) in [6, 6.07) is 1.72. The zero-order valence-electron chi connectivity index (χ0n) is 8.38. The Hall–Kier alpha value is -1.41. The van der Waals surface area contributed by atoms with E-state index in [0.717, 1.165) is 0 Å². The summed E-state index contributed by atoms with van der Waals surface area (Å²) in [5, 5.41) is 3.22. The first kappa shape index (κ1) is 11.1. The van der Waals surface area contributed by atoms with E-state index < -0.39 is 14.2 Å². The summed E-state index contributed by atoms with van der Waals surface area (Å²) in [4.78, 5) is 7.78. The molecule has 0 fully saturated rings. The van der Waals surface area contributed by atoms with Gasteiger partial charge in [-0.2, -0.15) is 9.50 Å². The van der Waals surface area contributed by atoms with Crippen molar-refractivity contribution in [3.05, 3.63) is 11.8 Å². The summed E-state index contributed by atoms with van der Waals surface area (Å²) >= 11 is 0. The number of halogens is 1. The lowest BCUT2D eigenvalue weighted by molar-refractivity contribution is 0.365. The molecular weight excluding hydrogens is 256 g/mol. The van der Waals surface area contributed by atoms with E-state index in [-0.39, 0.29) is 6.01 Å². The lowest BCUT2D eigenvalue weighted by Gasteiger charge is -2.00. The van der Waals surface area contributed by atoms with Crippen molar-refractivity contribution in [2.75, 3.05) is 7.11 Å². The van der Waals surface area contributed by atoms with Gasteiger partial charge in [-0.15, -0.1) is 5.10 Å². The number of hydrogen-bond donors (Lipinski definition) is 0. The third kappa shape index (κ3) is 1.81. The first-order chi connectivity index (χ1) is 7.41. The Morgan fingerprint density at radius 2 is 2.12 bits per heavy atom. The Labute approximate surface area is 95.5 Å². The number of ether oxygens (including phenoxy) is 1. The molecule has 0 atom stereocenters. The Balaban J connectivity index is 2.80. The molecule has 0 aliphatic carbocycles. The fourth-order valence-electron chi connectivity index (χ4n) is 1.19. The van der Waals surface area contributed by atoms with E-state index in [4.69, 9.17) is 15.4 Å². The fourth-order valence-corrected chi connectivity index (χ4v) is 1.77. The molecule has 16 heavy (non-hydrogen) atoms. The largest absolute Gasteiger partial charge is 0.467 e. The number of fused-ring (bicyclic) bond motifs is 1. The van der Waals surface area contributed by atoms with Crippen molar-refractivity contribution < 1.29 is 13.2 Å². The molecule has 2 heterocycles. The monoisotopic (exact) mass is 262 g/mol. The number of methoxy groups -OCH3 is 1. The number of aryl methyl sites for hydroxylation is 1. The van der Waals surface area contributed by atoms with Crippen molar-refractivity contribution in [2.45, 2.75) is 12.1 Å². The summed E-state index contributed by atoms with van der Waals surface area (Å²) in [5.74, 6) is 0. The second kappa shape index (κ2) is 3.56. The van der Waals surface area contributed by atoms with Gasteiger partial charge < -0.3 is 4.74 Å². The highest BCUT2D eigenvalue weighted by molar-refractivity contribution is 8.13. The van der Waals surface area contributed by atoms with Crippen LogP contribution in [0.1, 0.15) is 5.69 Å². The van der Waals surface area contributed by atoms with Gasteiger partial charge in [0, 0.05) is 22.4 Å². The summed E-state index contributed by atoms with van der Waals surface area (Å²) < 4.78 is 28.2. The quantitative estimate of drug-likeness (QED) is 0.727. The van der Waals surface area contributed by atoms with E-state index in [2.05, 4.69) is 15.1 Å². The second-order valence-corrected chi connectivity index (χ2v) is 5.45. The molecule has 0 unspecified atom stereocenters. The molecule has 0 N–H and O–H groups in total. The van der Waals surface area contributed by atoms with Gasteiger partial charge in [-0.1, -0.05) is 0 Å². The second-order valence-electron chi connectivity index (χ2n) is 2.99. The van der Waals surface area contributed by atoms with Crippen LogP contribution in [0.25, 0.3) is 5.65 Å². The van der Waals surface area contributed by atoms with E-state index in [0.29, 0.717) is 11.3 Å². The van der Waals surface area contributed by atoms with Gasteiger partial charge >= 0.3 is 6.01 Å². The number of nitrogens with zero attached hydrogens (tertiary/aromatic N) is 4. The SMILES string of the molecule is COc1nc(C)cc2nc(S(=O)(=O)Cl)nn12. The van der Waals surface area contributed by atoms with Crippen LogP contribution in [0.15, 0.2) is 11.2 Å². The fraction of sp³-hybridized carbons (Fsp3) is 0.286. The van der Waals surface area contributed by atoms with Crippen LogP contribution in [0.4, 0.5) is 0 Å². The molecule has 2 aromatic heterocycles. The van der Waals surface area contributed by atoms with E-state index in [1.807, 2.05) is 0 Å². The Morgan fingerprint density at radius 3 is 2.69 bits per heavy atom. The number of hydrogen-bond acceptors (Lipinski definition) is 6. The van der Waals surface area contributed by atoms with Crippen molar-refractivity contribution in [3.63, 3.8) is 0 Å². The first-order valence-corrected chi connectivity index (χ1v) is 6.46. The molecule has 0 radical (unpaired) electrons. The summed E-state index contributed by atoms with van der Waals surface area (Å²) in [5.41, 5.74) is 0.943. The molecule has 2 rings (SSSR count). The zero-order chi connectivity index (χ0) is 11.9. The predicted octanol–water partition coefficient (Wildman–Crippen LogP) is 0.369. The molecule has 9 heteroatoms. The Bertz CT molecular complexity index is 651. The average molecular weight is 263 g/mol. The van der Waals surface area contributed by atoms with Crippen LogP contribution >= 0.6 is 10.7 Å². The van der Waals surface area contributed by atoms with Crippen molar-refractivity contribution >= 4 is 25.4 Å². The molecule has 0 aliphatic heterocycles. The van der Waals surface area contributed by atoms with Gasteiger partial charge in [-0.05, 0) is 6.92 Å². The summed E-state index contributed by atoms with van der Waals surface area (Å²) in [7, 11) is 2.58. The normalized spacial score (nSPS) is 11.9. The van der Waals surface area contributed by atoms with Crippen molar-refractivity contribution in [1.29, 1.82) is 0 Å². The first-order valence-electron chi connectivity index (χ1n) is 4.15. The van der Waals surface area contributed by atoms with Crippen LogP contribution in [0.2, 0.25) is 0 Å². The van der Waals surface area contributed by atoms with Gasteiger partial charge in [0.15, 0.2) is 5.65 Å². The van der Waals surface area contributed by atoms with Crippen molar-refractivity contribution in [1.82, 2.24) is 19.6 Å².